The fraction of sp³-hybridized carbons (Fsp3) is 0. The molecule has 3 aromatic heterocycles. The summed E-state index contributed by atoms with van der Waals surface area (Å²) < 4.78 is 80.7. The molecule has 0 atom stereocenters. The van der Waals surface area contributed by atoms with Crippen LogP contribution in [0.1, 0.15) is 0 Å². The molecule has 0 spiro atoms. The van der Waals surface area contributed by atoms with Crippen LogP contribution in [0.2, 0.25) is 0 Å². The Morgan fingerprint density at radius 1 is 0.488 bits per heavy atom. The second-order valence-electron chi connectivity index (χ2n) is 8.64. The molecule has 0 saturated carbocycles. The van der Waals surface area contributed by atoms with Gasteiger partial charge in [-0.3, -0.25) is 18.2 Å². The zero-order valence-corrected chi connectivity index (χ0v) is 24.1. The summed E-state index contributed by atoms with van der Waals surface area (Å²) in [6, 6.07) is 27.7. The van der Waals surface area contributed by atoms with Gasteiger partial charge in [0.2, 0.25) is 0 Å². The maximum Gasteiger partial charge on any atom is 3.00 e. The fourth-order valence-electron chi connectivity index (χ4n) is 3.81. The van der Waals surface area contributed by atoms with Crippen molar-refractivity contribution in [2.24, 2.45) is 0 Å². The van der Waals surface area contributed by atoms with E-state index in [0.717, 1.165) is 30.3 Å². The quantitative estimate of drug-likeness (QED) is 0.134. The van der Waals surface area contributed by atoms with Crippen LogP contribution < -0.4 is 0 Å². The number of halogens is 6. The van der Waals surface area contributed by atoms with Crippen LogP contribution in [0.4, 0.5) is 26.3 Å². The molecule has 214 valence electrons. The first kappa shape index (κ1) is 31.3. The Balaban J connectivity index is 0.000000238. The third-order valence-electron chi connectivity index (χ3n) is 5.83. The van der Waals surface area contributed by atoms with Crippen molar-refractivity contribution in [1.29, 1.82) is 0 Å². The molecular formula is C33H16F6IrN3. The molecule has 10 heteroatoms. The van der Waals surface area contributed by atoms with Crippen LogP contribution in [-0.4, -0.2) is 15.0 Å². The zero-order chi connectivity index (χ0) is 29.6. The van der Waals surface area contributed by atoms with Gasteiger partial charge in [-0.2, -0.15) is 0 Å². The predicted molar refractivity (Wildman–Crippen MR) is 144 cm³/mol. The Hall–Kier alpha value is -4.66. The largest absolute Gasteiger partial charge is 3.00 e. The summed E-state index contributed by atoms with van der Waals surface area (Å²) in [6.45, 7) is 0. The van der Waals surface area contributed by atoms with Gasteiger partial charge in [0.15, 0.2) is 0 Å². The van der Waals surface area contributed by atoms with Crippen molar-refractivity contribution >= 4 is 0 Å². The van der Waals surface area contributed by atoms with Gasteiger partial charge >= 0.3 is 20.1 Å². The normalized spacial score (nSPS) is 10.4. The first-order valence-corrected chi connectivity index (χ1v) is 12.3. The van der Waals surface area contributed by atoms with Crippen LogP contribution in [-0.2, 0) is 20.1 Å². The second-order valence-corrected chi connectivity index (χ2v) is 8.64. The van der Waals surface area contributed by atoms with Crippen molar-refractivity contribution in [2.75, 3.05) is 0 Å². The van der Waals surface area contributed by atoms with Gasteiger partial charge in [-0.05, 0) is 29.2 Å². The molecule has 0 aliphatic rings. The van der Waals surface area contributed by atoms with Gasteiger partial charge in [0.05, 0.1) is 34.9 Å². The van der Waals surface area contributed by atoms with Crippen molar-refractivity contribution in [2.45, 2.75) is 0 Å². The van der Waals surface area contributed by atoms with E-state index in [1.54, 1.807) is 48.7 Å². The standard InChI is InChI=1S/C22H10F4N2.C11H6F2N.Ir/c23-16-8-7-13(11-17(16)24)20-5-3-6-21(28-20)15-10-14(12-18(25)22(15)26)19-4-1-2-9-27-19;12-9-5-4-8(7-10(9)13)11-3-1-2-6-14-11;/h1-6,8-9,11-12H;1-3,5-7H;/q-2;-1;+3. The molecular weight excluding hydrogens is 745 g/mol. The molecule has 0 radical (unpaired) electrons. The summed E-state index contributed by atoms with van der Waals surface area (Å²) in [4.78, 5) is 12.4. The molecule has 3 nitrogen and oxygen atoms in total. The second kappa shape index (κ2) is 14.0. The molecule has 0 fully saturated rings. The van der Waals surface area contributed by atoms with Gasteiger partial charge in [-0.15, -0.1) is 53.6 Å². The molecule has 0 aliphatic carbocycles. The third-order valence-corrected chi connectivity index (χ3v) is 5.83. The number of benzene rings is 3. The minimum atomic E-state index is -1.11. The summed E-state index contributed by atoms with van der Waals surface area (Å²) in [7, 11) is 0. The van der Waals surface area contributed by atoms with Crippen LogP contribution in [0, 0.1) is 53.1 Å². The zero-order valence-electron chi connectivity index (χ0n) is 21.7. The first-order chi connectivity index (χ1) is 20.3. The number of pyridine rings is 3. The van der Waals surface area contributed by atoms with E-state index in [-0.39, 0.29) is 48.2 Å². The van der Waals surface area contributed by atoms with E-state index in [1.165, 1.54) is 18.3 Å². The van der Waals surface area contributed by atoms with Crippen LogP contribution in [0.5, 0.6) is 0 Å². The van der Waals surface area contributed by atoms with Crippen molar-refractivity contribution in [3.05, 3.63) is 150 Å². The third kappa shape index (κ3) is 7.41. The smallest absolute Gasteiger partial charge is 0.335 e. The molecule has 0 bridgehead atoms. The predicted octanol–water partition coefficient (Wildman–Crippen LogP) is 8.46. The van der Waals surface area contributed by atoms with Crippen molar-refractivity contribution < 1.29 is 46.4 Å². The molecule has 3 heterocycles. The molecule has 6 aromatic rings. The minimum absolute atomic E-state index is 0. The Morgan fingerprint density at radius 3 is 1.51 bits per heavy atom. The average molecular weight is 761 g/mol. The topological polar surface area (TPSA) is 38.7 Å². The molecule has 6 rings (SSSR count). The first-order valence-electron chi connectivity index (χ1n) is 12.3. The maximum absolute atomic E-state index is 14.5. The van der Waals surface area contributed by atoms with E-state index in [1.807, 2.05) is 0 Å². The van der Waals surface area contributed by atoms with E-state index < -0.39 is 34.9 Å². The Labute approximate surface area is 256 Å². The molecule has 0 N–H and O–H groups in total. The molecule has 0 saturated heterocycles. The SMILES string of the molecule is Fc1c[c-]c(-c2cccc(-c3[c-]c(-c4ccccn4)cc(F)c3F)n2)cc1F.Fc1c[c-]c(-c2ccccn2)cc1F.[Ir+3]. The van der Waals surface area contributed by atoms with Gasteiger partial charge in [0.1, 0.15) is 0 Å². The molecule has 0 amide bonds. The van der Waals surface area contributed by atoms with Gasteiger partial charge < -0.3 is 9.97 Å². The van der Waals surface area contributed by atoms with E-state index in [4.69, 9.17) is 0 Å². The van der Waals surface area contributed by atoms with Gasteiger partial charge in [-0.1, -0.05) is 59.7 Å². The van der Waals surface area contributed by atoms with Crippen LogP contribution >= 0.6 is 0 Å². The van der Waals surface area contributed by atoms with E-state index in [9.17, 15) is 26.3 Å². The summed E-state index contributed by atoms with van der Waals surface area (Å²) in [6.07, 6.45) is 3.12. The summed E-state index contributed by atoms with van der Waals surface area (Å²) in [5, 5.41) is 0. The minimum Gasteiger partial charge on any atom is -0.335 e. The molecule has 43 heavy (non-hydrogen) atoms. The molecule has 0 unspecified atom stereocenters. The maximum atomic E-state index is 14.5. The number of hydrogen-bond acceptors (Lipinski definition) is 3. The number of aromatic nitrogens is 3. The van der Waals surface area contributed by atoms with Crippen LogP contribution in [0.3, 0.4) is 0 Å². The summed E-state index contributed by atoms with van der Waals surface area (Å²) in [5.41, 5.74) is 2.02. The summed E-state index contributed by atoms with van der Waals surface area (Å²) in [5.74, 6) is -6.06. The molecule has 0 aliphatic heterocycles. The number of hydrogen-bond donors (Lipinski definition) is 0. The van der Waals surface area contributed by atoms with E-state index in [0.29, 0.717) is 17.0 Å². The Bertz CT molecular complexity index is 1850. The Kier molecular flexibility index (Phi) is 10.2. The average Bonchev–Trinajstić information content (AvgIpc) is 3.02. The molecule has 3 aromatic carbocycles. The van der Waals surface area contributed by atoms with Gasteiger partial charge in [-0.25, -0.2) is 13.2 Å². The van der Waals surface area contributed by atoms with Crippen molar-refractivity contribution in [3.8, 4) is 45.0 Å². The van der Waals surface area contributed by atoms with Gasteiger partial charge in [0, 0.05) is 18.1 Å². The van der Waals surface area contributed by atoms with Crippen LogP contribution in [0.15, 0.2) is 97.3 Å². The number of rotatable bonds is 4. The van der Waals surface area contributed by atoms with Crippen molar-refractivity contribution in [3.63, 3.8) is 0 Å². The fourth-order valence-corrected chi connectivity index (χ4v) is 3.81. The van der Waals surface area contributed by atoms with Crippen LogP contribution in [0.25, 0.3) is 45.0 Å². The van der Waals surface area contributed by atoms with Crippen molar-refractivity contribution in [1.82, 2.24) is 15.0 Å². The monoisotopic (exact) mass is 761 g/mol. The summed E-state index contributed by atoms with van der Waals surface area (Å²) >= 11 is 0. The van der Waals surface area contributed by atoms with E-state index in [2.05, 4.69) is 33.2 Å². The van der Waals surface area contributed by atoms with Gasteiger partial charge in [0.25, 0.3) is 0 Å². The van der Waals surface area contributed by atoms with E-state index >= 15 is 0 Å². The Morgan fingerprint density at radius 2 is 0.977 bits per heavy atom. The number of nitrogens with zero attached hydrogens (tertiary/aromatic N) is 3.